The van der Waals surface area contributed by atoms with Gasteiger partial charge in [0.1, 0.15) is 4.90 Å². The van der Waals surface area contributed by atoms with Crippen LogP contribution < -0.4 is 10.5 Å². The number of aryl methyl sites for hydroxylation is 1. The first kappa shape index (κ1) is 21.0. The van der Waals surface area contributed by atoms with Gasteiger partial charge in [0.15, 0.2) is 0 Å². The molecule has 0 aliphatic rings. The summed E-state index contributed by atoms with van der Waals surface area (Å²) < 4.78 is 49.1. The first-order chi connectivity index (χ1) is 12.6. The van der Waals surface area contributed by atoms with E-state index in [1.807, 2.05) is 0 Å². The SMILES string of the molecule is CCc1ccc(NC(=O)CN(C)S(=O)(=O)c2cccnc2)cc1S(N)(=O)=O. The Morgan fingerprint density at radius 2 is 1.93 bits per heavy atom. The predicted molar refractivity (Wildman–Crippen MR) is 99.9 cm³/mol. The van der Waals surface area contributed by atoms with E-state index in [0.29, 0.717) is 12.0 Å². The smallest absolute Gasteiger partial charge is 0.244 e. The third-order valence-corrected chi connectivity index (χ3v) is 6.53. The normalized spacial score (nSPS) is 12.1. The number of carbonyl (C=O) groups is 1. The molecule has 1 aromatic carbocycles. The molecule has 0 radical (unpaired) electrons. The van der Waals surface area contributed by atoms with Crippen molar-refractivity contribution in [2.45, 2.75) is 23.1 Å². The Morgan fingerprint density at radius 1 is 1.22 bits per heavy atom. The van der Waals surface area contributed by atoms with Crippen LogP contribution in [0.15, 0.2) is 52.5 Å². The lowest BCUT2D eigenvalue weighted by atomic mass is 10.1. The Kier molecular flexibility index (Phi) is 6.31. The molecular weight excluding hydrogens is 392 g/mol. The summed E-state index contributed by atoms with van der Waals surface area (Å²) in [5.41, 5.74) is 0.722. The monoisotopic (exact) mass is 412 g/mol. The number of primary sulfonamides is 1. The van der Waals surface area contributed by atoms with Gasteiger partial charge in [-0.1, -0.05) is 13.0 Å². The van der Waals surface area contributed by atoms with E-state index in [-0.39, 0.29) is 15.5 Å². The van der Waals surface area contributed by atoms with Gasteiger partial charge >= 0.3 is 0 Å². The number of hydrogen-bond acceptors (Lipinski definition) is 6. The van der Waals surface area contributed by atoms with Gasteiger partial charge in [-0.3, -0.25) is 9.78 Å². The highest BCUT2D eigenvalue weighted by molar-refractivity contribution is 7.89. The Balaban J connectivity index is 2.16. The minimum Gasteiger partial charge on any atom is -0.325 e. The maximum Gasteiger partial charge on any atom is 0.244 e. The quantitative estimate of drug-likeness (QED) is 0.681. The molecule has 1 amide bonds. The van der Waals surface area contributed by atoms with Crippen LogP contribution in [0.5, 0.6) is 0 Å². The molecule has 27 heavy (non-hydrogen) atoms. The number of aromatic nitrogens is 1. The Labute approximate surface area is 158 Å². The zero-order chi connectivity index (χ0) is 20.2. The number of nitrogens with zero attached hydrogens (tertiary/aromatic N) is 2. The van der Waals surface area contributed by atoms with E-state index in [2.05, 4.69) is 10.3 Å². The van der Waals surface area contributed by atoms with Crippen molar-refractivity contribution in [3.05, 3.63) is 48.3 Å². The second kappa shape index (κ2) is 8.13. The van der Waals surface area contributed by atoms with Gasteiger partial charge < -0.3 is 5.32 Å². The fraction of sp³-hybridized carbons (Fsp3) is 0.250. The number of pyridine rings is 1. The van der Waals surface area contributed by atoms with E-state index in [4.69, 9.17) is 5.14 Å². The highest BCUT2D eigenvalue weighted by atomic mass is 32.2. The van der Waals surface area contributed by atoms with E-state index in [0.717, 1.165) is 4.31 Å². The molecule has 2 rings (SSSR count). The number of hydrogen-bond donors (Lipinski definition) is 2. The lowest BCUT2D eigenvalue weighted by Gasteiger charge is -2.17. The maximum absolute atomic E-state index is 12.4. The lowest BCUT2D eigenvalue weighted by molar-refractivity contribution is -0.116. The molecule has 3 N–H and O–H groups in total. The van der Waals surface area contributed by atoms with Crippen molar-refractivity contribution in [1.82, 2.24) is 9.29 Å². The summed E-state index contributed by atoms with van der Waals surface area (Å²) in [7, 11) is -6.56. The fourth-order valence-corrected chi connectivity index (χ4v) is 4.32. The highest BCUT2D eigenvalue weighted by Gasteiger charge is 2.23. The van der Waals surface area contributed by atoms with Gasteiger partial charge in [-0.15, -0.1) is 0 Å². The van der Waals surface area contributed by atoms with Crippen molar-refractivity contribution in [3.8, 4) is 0 Å². The van der Waals surface area contributed by atoms with Crippen LogP contribution in [0.4, 0.5) is 5.69 Å². The third kappa shape index (κ3) is 5.10. The second-order valence-electron chi connectivity index (χ2n) is 5.72. The maximum atomic E-state index is 12.4. The Hall–Kier alpha value is -2.34. The zero-order valence-electron chi connectivity index (χ0n) is 14.8. The second-order valence-corrected chi connectivity index (χ2v) is 9.29. The summed E-state index contributed by atoms with van der Waals surface area (Å²) in [5, 5.41) is 7.68. The molecule has 1 heterocycles. The number of amides is 1. The van der Waals surface area contributed by atoms with Gasteiger partial charge in [0.05, 0.1) is 11.4 Å². The molecule has 0 atom stereocenters. The van der Waals surface area contributed by atoms with Crippen LogP contribution in [0.2, 0.25) is 0 Å². The minimum absolute atomic E-state index is 0.0379. The number of nitrogens with one attached hydrogen (secondary N) is 1. The predicted octanol–water partition coefficient (Wildman–Crippen LogP) is 0.551. The average molecular weight is 412 g/mol. The van der Waals surface area contributed by atoms with Crippen molar-refractivity contribution in [1.29, 1.82) is 0 Å². The summed E-state index contributed by atoms with van der Waals surface area (Å²) in [5.74, 6) is -0.630. The van der Waals surface area contributed by atoms with Crippen LogP contribution >= 0.6 is 0 Å². The molecule has 0 spiro atoms. The summed E-state index contributed by atoms with van der Waals surface area (Å²) in [6, 6.07) is 7.18. The number of anilines is 1. The van der Waals surface area contributed by atoms with Crippen LogP contribution in [-0.2, 0) is 31.3 Å². The van der Waals surface area contributed by atoms with Crippen LogP contribution in [0.25, 0.3) is 0 Å². The molecule has 1 aromatic heterocycles. The van der Waals surface area contributed by atoms with Crippen molar-refractivity contribution in [2.24, 2.45) is 5.14 Å². The van der Waals surface area contributed by atoms with Crippen LogP contribution in [0.1, 0.15) is 12.5 Å². The van der Waals surface area contributed by atoms with Gasteiger partial charge in [0, 0.05) is 25.1 Å². The summed E-state index contributed by atoms with van der Waals surface area (Å²) in [4.78, 5) is 15.8. The minimum atomic E-state index is -3.95. The molecule has 0 bridgehead atoms. The topological polar surface area (TPSA) is 140 Å². The molecule has 0 saturated carbocycles. The van der Waals surface area contributed by atoms with Crippen LogP contribution in [0, 0.1) is 0 Å². The first-order valence-electron chi connectivity index (χ1n) is 7.87. The lowest BCUT2D eigenvalue weighted by Crippen LogP contribution is -2.35. The van der Waals surface area contributed by atoms with Gasteiger partial charge in [-0.2, -0.15) is 4.31 Å². The van der Waals surface area contributed by atoms with Gasteiger partial charge in [-0.05, 0) is 36.2 Å². The van der Waals surface area contributed by atoms with Gasteiger partial charge in [-0.25, -0.2) is 22.0 Å². The van der Waals surface area contributed by atoms with E-state index >= 15 is 0 Å². The Bertz CT molecular complexity index is 1040. The van der Waals surface area contributed by atoms with Gasteiger partial charge in [0.2, 0.25) is 26.0 Å². The molecule has 9 nitrogen and oxygen atoms in total. The average Bonchev–Trinajstić information content (AvgIpc) is 2.61. The van der Waals surface area contributed by atoms with Crippen molar-refractivity contribution in [3.63, 3.8) is 0 Å². The number of likely N-dealkylation sites (N-methyl/N-ethyl adjacent to an activating group) is 1. The zero-order valence-corrected chi connectivity index (χ0v) is 16.4. The molecule has 146 valence electrons. The van der Waals surface area contributed by atoms with Crippen molar-refractivity contribution >= 4 is 31.6 Å². The van der Waals surface area contributed by atoms with Gasteiger partial charge in [0.25, 0.3) is 0 Å². The van der Waals surface area contributed by atoms with E-state index in [1.165, 1.54) is 43.7 Å². The third-order valence-electron chi connectivity index (χ3n) is 3.75. The van der Waals surface area contributed by atoms with E-state index in [9.17, 15) is 21.6 Å². The molecule has 0 saturated heterocycles. The molecular formula is C16H20N4O5S2. The molecule has 0 fully saturated rings. The first-order valence-corrected chi connectivity index (χ1v) is 10.9. The van der Waals surface area contributed by atoms with Crippen molar-refractivity contribution < 1.29 is 21.6 Å². The largest absolute Gasteiger partial charge is 0.325 e. The van der Waals surface area contributed by atoms with E-state index in [1.54, 1.807) is 13.0 Å². The highest BCUT2D eigenvalue weighted by Crippen LogP contribution is 2.20. The van der Waals surface area contributed by atoms with Crippen molar-refractivity contribution in [2.75, 3.05) is 18.9 Å². The number of nitrogens with two attached hydrogens (primary N) is 1. The van der Waals surface area contributed by atoms with Crippen LogP contribution in [0.3, 0.4) is 0 Å². The molecule has 0 unspecified atom stereocenters. The number of benzene rings is 1. The number of sulfonamides is 2. The fourth-order valence-electron chi connectivity index (χ4n) is 2.36. The molecule has 0 aliphatic carbocycles. The summed E-state index contributed by atoms with van der Waals surface area (Å²) in [6.45, 7) is 1.32. The Morgan fingerprint density at radius 3 is 2.48 bits per heavy atom. The van der Waals surface area contributed by atoms with Crippen LogP contribution in [-0.4, -0.2) is 45.6 Å². The van der Waals surface area contributed by atoms with E-state index < -0.39 is 32.5 Å². The summed E-state index contributed by atoms with van der Waals surface area (Å²) >= 11 is 0. The number of carbonyl (C=O) groups excluding carboxylic acids is 1. The standard InChI is InChI=1S/C16H20N4O5S2/c1-3-12-6-7-13(9-15(12)26(17,22)23)19-16(21)11-20(2)27(24,25)14-5-4-8-18-10-14/h4-10H,3,11H2,1-2H3,(H,19,21)(H2,17,22,23). The number of rotatable bonds is 7. The molecule has 11 heteroatoms. The summed E-state index contributed by atoms with van der Waals surface area (Å²) in [6.07, 6.45) is 3.08. The molecule has 2 aromatic rings. The molecule has 0 aliphatic heterocycles.